The fourth-order valence-corrected chi connectivity index (χ4v) is 6.11. The molecule has 5 rings (SSSR count). The first-order chi connectivity index (χ1) is 6.30. The van der Waals surface area contributed by atoms with Gasteiger partial charge in [0, 0.05) is 11.8 Å². The van der Waals surface area contributed by atoms with Crippen LogP contribution in [-0.2, 0) is 4.79 Å². The molecule has 13 heavy (non-hydrogen) atoms. The van der Waals surface area contributed by atoms with E-state index in [1.165, 1.54) is 6.42 Å². The highest BCUT2D eigenvalue weighted by molar-refractivity contribution is 5.91. The second-order valence-corrected chi connectivity index (χ2v) is 5.82. The van der Waals surface area contributed by atoms with Crippen molar-refractivity contribution in [2.24, 2.45) is 47.3 Å². The van der Waals surface area contributed by atoms with Crippen molar-refractivity contribution in [2.75, 3.05) is 0 Å². The highest BCUT2D eigenvalue weighted by Crippen LogP contribution is 2.81. The van der Waals surface area contributed by atoms with E-state index in [1.807, 2.05) is 0 Å². The average Bonchev–Trinajstić information content (AvgIpc) is 2.52. The second kappa shape index (κ2) is 1.40. The van der Waals surface area contributed by atoms with Gasteiger partial charge in [-0.2, -0.15) is 0 Å². The van der Waals surface area contributed by atoms with Crippen molar-refractivity contribution in [1.29, 1.82) is 0 Å². The number of aliphatic hydroxyl groups is 1. The van der Waals surface area contributed by atoms with E-state index in [4.69, 9.17) is 0 Å². The summed E-state index contributed by atoms with van der Waals surface area (Å²) < 4.78 is 0. The molecule has 0 aromatic carbocycles. The minimum absolute atomic E-state index is 0.0913. The van der Waals surface area contributed by atoms with Gasteiger partial charge in [0.05, 0.1) is 6.10 Å². The van der Waals surface area contributed by atoms with Crippen LogP contribution in [0.5, 0.6) is 0 Å². The zero-order valence-corrected chi connectivity index (χ0v) is 7.26. The Kier molecular flexibility index (Phi) is 0.666. The van der Waals surface area contributed by atoms with Gasteiger partial charge in [0.2, 0.25) is 0 Å². The third-order valence-electron chi connectivity index (χ3n) is 6.07. The molecule has 5 aliphatic carbocycles. The van der Waals surface area contributed by atoms with Gasteiger partial charge in [0.1, 0.15) is 5.78 Å². The van der Waals surface area contributed by atoms with E-state index in [0.717, 1.165) is 17.8 Å². The van der Waals surface area contributed by atoms with Crippen molar-refractivity contribution in [2.45, 2.75) is 12.5 Å². The zero-order valence-electron chi connectivity index (χ0n) is 7.26. The maximum atomic E-state index is 11.9. The molecule has 0 amide bonds. The van der Waals surface area contributed by atoms with Crippen molar-refractivity contribution in [1.82, 2.24) is 0 Å². The van der Waals surface area contributed by atoms with Gasteiger partial charge >= 0.3 is 0 Å². The molecule has 0 aromatic heterocycles. The molecule has 0 saturated heterocycles. The first-order valence-electron chi connectivity index (χ1n) is 5.52. The lowest BCUT2D eigenvalue weighted by Crippen LogP contribution is -2.49. The number of carbonyl (C=O) groups excluding carboxylic acids is 1. The van der Waals surface area contributed by atoms with Crippen LogP contribution in [0.1, 0.15) is 6.42 Å². The monoisotopic (exact) mass is 176 g/mol. The quantitative estimate of drug-likeness (QED) is 0.576. The molecule has 5 fully saturated rings. The number of carbonyl (C=O) groups is 1. The molecule has 0 heterocycles. The van der Waals surface area contributed by atoms with E-state index >= 15 is 0 Å². The highest BCUT2D eigenvalue weighted by atomic mass is 16.3. The summed E-state index contributed by atoms with van der Waals surface area (Å²) in [6, 6.07) is 0. The molecule has 0 radical (unpaired) electrons. The molecule has 9 atom stereocenters. The predicted molar refractivity (Wildman–Crippen MR) is 43.6 cm³/mol. The average molecular weight is 176 g/mol. The summed E-state index contributed by atoms with van der Waals surface area (Å²) in [5.74, 6) is 4.97. The van der Waals surface area contributed by atoms with Gasteiger partial charge in [-0.1, -0.05) is 0 Å². The Morgan fingerprint density at radius 2 is 1.85 bits per heavy atom. The SMILES string of the molecule is O=C1[C@@H]2[C@@H]3C[C@@H]4[C@H]5[C@H]([C@@H](O)[C@H]42)[C@H]1[C@@H]35. The Bertz CT molecular complexity index is 350. The first kappa shape index (κ1) is 6.18. The fraction of sp³-hybridized carbons (Fsp3) is 0.909. The third-order valence-corrected chi connectivity index (χ3v) is 6.07. The maximum Gasteiger partial charge on any atom is 0.140 e. The van der Waals surface area contributed by atoms with Crippen molar-refractivity contribution < 1.29 is 9.90 Å². The van der Waals surface area contributed by atoms with Crippen LogP contribution >= 0.6 is 0 Å². The van der Waals surface area contributed by atoms with E-state index in [2.05, 4.69) is 0 Å². The van der Waals surface area contributed by atoms with Gasteiger partial charge < -0.3 is 5.11 Å². The summed E-state index contributed by atoms with van der Waals surface area (Å²) in [7, 11) is 0. The zero-order chi connectivity index (χ0) is 8.48. The number of hydrogen-bond acceptors (Lipinski definition) is 2. The van der Waals surface area contributed by atoms with Gasteiger partial charge in [-0.15, -0.1) is 0 Å². The Morgan fingerprint density at radius 1 is 1.00 bits per heavy atom. The molecule has 0 unspecified atom stereocenters. The van der Waals surface area contributed by atoms with E-state index in [9.17, 15) is 9.90 Å². The largest absolute Gasteiger partial charge is 0.392 e. The summed E-state index contributed by atoms with van der Waals surface area (Å²) in [5.41, 5.74) is 0. The number of Topliss-reactive ketones (excluding diaryl/α,β-unsaturated/α-hetero) is 1. The van der Waals surface area contributed by atoms with Crippen LogP contribution in [0.4, 0.5) is 0 Å². The number of rotatable bonds is 0. The Morgan fingerprint density at radius 3 is 2.69 bits per heavy atom. The van der Waals surface area contributed by atoms with Crippen LogP contribution in [0.3, 0.4) is 0 Å². The smallest absolute Gasteiger partial charge is 0.140 e. The van der Waals surface area contributed by atoms with Crippen LogP contribution in [0.15, 0.2) is 0 Å². The van der Waals surface area contributed by atoms with Gasteiger partial charge in [0.25, 0.3) is 0 Å². The molecular weight excluding hydrogens is 164 g/mol. The summed E-state index contributed by atoms with van der Waals surface area (Å²) in [6.45, 7) is 0. The van der Waals surface area contributed by atoms with E-state index in [1.54, 1.807) is 0 Å². The van der Waals surface area contributed by atoms with E-state index < -0.39 is 0 Å². The molecule has 5 aliphatic rings. The molecule has 0 spiro atoms. The fourth-order valence-electron chi connectivity index (χ4n) is 6.11. The molecule has 0 aromatic rings. The molecular formula is C11H12O2. The lowest BCUT2D eigenvalue weighted by atomic mass is 9.59. The summed E-state index contributed by atoms with van der Waals surface area (Å²) in [6.07, 6.45) is 1.19. The van der Waals surface area contributed by atoms with Crippen molar-refractivity contribution in [3.05, 3.63) is 0 Å². The summed E-state index contributed by atoms with van der Waals surface area (Å²) in [4.78, 5) is 11.9. The van der Waals surface area contributed by atoms with E-state index in [-0.39, 0.29) is 6.10 Å². The van der Waals surface area contributed by atoms with Crippen LogP contribution < -0.4 is 0 Å². The Hall–Kier alpha value is -0.370. The highest BCUT2D eigenvalue weighted by Gasteiger charge is 2.83. The van der Waals surface area contributed by atoms with Gasteiger partial charge in [-0.25, -0.2) is 0 Å². The molecule has 1 N–H and O–H groups in total. The maximum absolute atomic E-state index is 11.9. The van der Waals surface area contributed by atoms with Crippen LogP contribution in [0.25, 0.3) is 0 Å². The Balaban J connectivity index is 1.87. The minimum atomic E-state index is -0.0913. The van der Waals surface area contributed by atoms with Gasteiger partial charge in [-0.05, 0) is 41.9 Å². The van der Waals surface area contributed by atoms with Gasteiger partial charge in [0.15, 0.2) is 0 Å². The molecule has 68 valence electrons. The topological polar surface area (TPSA) is 37.3 Å². The normalized spacial score (nSPS) is 79.8. The van der Waals surface area contributed by atoms with Crippen LogP contribution in [0, 0.1) is 47.3 Å². The van der Waals surface area contributed by atoms with Gasteiger partial charge in [-0.3, -0.25) is 4.79 Å². The Labute approximate surface area is 76.3 Å². The number of ketones is 1. The van der Waals surface area contributed by atoms with Crippen LogP contribution in [0.2, 0.25) is 0 Å². The van der Waals surface area contributed by atoms with Crippen molar-refractivity contribution in [3.63, 3.8) is 0 Å². The third kappa shape index (κ3) is 0.349. The molecule has 2 nitrogen and oxygen atoms in total. The van der Waals surface area contributed by atoms with Crippen molar-refractivity contribution in [3.8, 4) is 0 Å². The molecule has 5 saturated carbocycles. The van der Waals surface area contributed by atoms with Crippen LogP contribution in [-0.4, -0.2) is 17.0 Å². The summed E-state index contributed by atoms with van der Waals surface area (Å²) >= 11 is 0. The van der Waals surface area contributed by atoms with E-state index in [0.29, 0.717) is 35.4 Å². The first-order valence-corrected chi connectivity index (χ1v) is 5.52. The lowest BCUT2D eigenvalue weighted by molar-refractivity contribution is -0.141. The number of aliphatic hydroxyl groups excluding tert-OH is 1. The predicted octanol–water partition coefficient (Wildman–Crippen LogP) is 0.304. The number of hydrogen-bond donors (Lipinski definition) is 1. The lowest BCUT2D eigenvalue weighted by Gasteiger charge is -2.45. The molecule has 0 aliphatic heterocycles. The molecule has 2 bridgehead atoms. The number of fused-ring (bicyclic) bond motifs is 2. The second-order valence-electron chi connectivity index (χ2n) is 5.82. The molecule has 2 heteroatoms. The van der Waals surface area contributed by atoms with Crippen molar-refractivity contribution >= 4 is 5.78 Å². The summed E-state index contributed by atoms with van der Waals surface area (Å²) in [5, 5.41) is 10.1. The minimum Gasteiger partial charge on any atom is -0.392 e. The standard InChI is InChI=1S/C11H12O2/c12-10-6-2-1-3-5-4(2)8(10)9(5)11(13)7(3)6/h2-10,12H,1H2/t2-,3-,4-,5+,6-,7-,8+,9-,10+/m1/s1.